The number of hydrogen-bond donors (Lipinski definition) is 2. The van der Waals surface area contributed by atoms with E-state index in [9.17, 15) is 4.79 Å². The molecule has 5 aromatic rings. The number of aromatic amines is 2. The second-order valence-electron chi connectivity index (χ2n) is 5.88. The fourth-order valence-corrected chi connectivity index (χ4v) is 3.00. The Kier molecular flexibility index (Phi) is 2.84. The summed E-state index contributed by atoms with van der Waals surface area (Å²) in [4.78, 5) is 26.4. The highest BCUT2D eigenvalue weighted by Gasteiger charge is 2.07. The van der Waals surface area contributed by atoms with Crippen molar-refractivity contribution in [2.24, 2.45) is 0 Å². The predicted octanol–water partition coefficient (Wildman–Crippen LogP) is 3.26. The highest BCUT2D eigenvalue weighted by molar-refractivity contribution is 5.94. The van der Waals surface area contributed by atoms with Gasteiger partial charge in [-0.15, -0.1) is 0 Å². The molecule has 120 valence electrons. The molecule has 0 saturated carbocycles. The lowest BCUT2D eigenvalue weighted by Crippen LogP contribution is -2.01. The third-order valence-electron chi connectivity index (χ3n) is 4.27. The topological polar surface area (TPSA) is 79.4 Å². The van der Waals surface area contributed by atoms with Crippen LogP contribution in [0, 0.1) is 0 Å². The SMILES string of the molecule is O=c1ccc2cc3[nH]c(-c4ccc(-n5ccnc5)cc4)nc3cc2[nH]1. The minimum Gasteiger partial charge on any atom is -0.338 e. The number of aromatic nitrogens is 5. The average Bonchev–Trinajstić information content (AvgIpc) is 3.29. The van der Waals surface area contributed by atoms with Crippen molar-refractivity contribution in [2.45, 2.75) is 0 Å². The summed E-state index contributed by atoms with van der Waals surface area (Å²) in [6.45, 7) is 0. The van der Waals surface area contributed by atoms with Gasteiger partial charge in [0.2, 0.25) is 5.56 Å². The van der Waals surface area contributed by atoms with Gasteiger partial charge in [0, 0.05) is 35.1 Å². The highest BCUT2D eigenvalue weighted by Crippen LogP contribution is 2.24. The van der Waals surface area contributed by atoms with Crippen molar-refractivity contribution in [3.05, 3.63) is 77.6 Å². The first-order chi connectivity index (χ1) is 12.3. The molecule has 0 aliphatic rings. The van der Waals surface area contributed by atoms with Crippen LogP contribution in [0.3, 0.4) is 0 Å². The molecule has 0 unspecified atom stereocenters. The maximum Gasteiger partial charge on any atom is 0.248 e. The molecule has 0 saturated heterocycles. The van der Waals surface area contributed by atoms with E-state index >= 15 is 0 Å². The van der Waals surface area contributed by atoms with Crippen molar-refractivity contribution in [1.82, 2.24) is 24.5 Å². The predicted molar refractivity (Wildman–Crippen MR) is 96.8 cm³/mol. The summed E-state index contributed by atoms with van der Waals surface area (Å²) in [6.07, 6.45) is 5.42. The molecule has 6 heteroatoms. The Morgan fingerprint density at radius 2 is 1.80 bits per heavy atom. The van der Waals surface area contributed by atoms with E-state index < -0.39 is 0 Å². The number of fused-ring (bicyclic) bond motifs is 2. The van der Waals surface area contributed by atoms with Crippen LogP contribution in [0.5, 0.6) is 0 Å². The lowest BCUT2D eigenvalue weighted by atomic mass is 10.2. The number of rotatable bonds is 2. The van der Waals surface area contributed by atoms with Gasteiger partial charge in [0.05, 0.1) is 22.9 Å². The summed E-state index contributed by atoms with van der Waals surface area (Å²) in [5.41, 5.74) is 4.47. The van der Waals surface area contributed by atoms with Crippen LogP contribution in [0.2, 0.25) is 0 Å². The number of benzene rings is 2. The Balaban J connectivity index is 1.60. The zero-order chi connectivity index (χ0) is 16.8. The molecular weight excluding hydrogens is 314 g/mol. The van der Waals surface area contributed by atoms with Crippen LogP contribution in [-0.4, -0.2) is 24.5 Å². The maximum atomic E-state index is 11.5. The smallest absolute Gasteiger partial charge is 0.248 e. The van der Waals surface area contributed by atoms with Crippen LogP contribution >= 0.6 is 0 Å². The molecule has 2 aromatic carbocycles. The molecule has 0 bridgehead atoms. The van der Waals surface area contributed by atoms with E-state index in [0.29, 0.717) is 0 Å². The van der Waals surface area contributed by atoms with Crippen LogP contribution in [0.25, 0.3) is 39.0 Å². The number of pyridine rings is 1. The van der Waals surface area contributed by atoms with Gasteiger partial charge in [0.1, 0.15) is 5.82 Å². The first kappa shape index (κ1) is 13.7. The quantitative estimate of drug-likeness (QED) is 0.522. The highest BCUT2D eigenvalue weighted by atomic mass is 16.1. The van der Waals surface area contributed by atoms with Gasteiger partial charge in [0.15, 0.2) is 0 Å². The largest absolute Gasteiger partial charge is 0.338 e. The molecule has 2 N–H and O–H groups in total. The number of hydrogen-bond acceptors (Lipinski definition) is 3. The summed E-state index contributed by atoms with van der Waals surface area (Å²) < 4.78 is 1.95. The molecule has 0 atom stereocenters. The second-order valence-corrected chi connectivity index (χ2v) is 5.88. The summed E-state index contributed by atoms with van der Waals surface area (Å²) in [6, 6.07) is 15.3. The van der Waals surface area contributed by atoms with E-state index in [1.165, 1.54) is 6.07 Å². The fourth-order valence-electron chi connectivity index (χ4n) is 3.00. The van der Waals surface area contributed by atoms with Crippen LogP contribution < -0.4 is 5.56 Å². The van der Waals surface area contributed by atoms with E-state index in [4.69, 9.17) is 0 Å². The Labute approximate surface area is 141 Å². The molecule has 0 aliphatic heterocycles. The summed E-state index contributed by atoms with van der Waals surface area (Å²) >= 11 is 0. The Morgan fingerprint density at radius 1 is 0.920 bits per heavy atom. The molecule has 3 heterocycles. The Bertz CT molecular complexity index is 1250. The van der Waals surface area contributed by atoms with Crippen molar-refractivity contribution in [1.29, 1.82) is 0 Å². The van der Waals surface area contributed by atoms with Gasteiger partial charge in [-0.25, -0.2) is 9.97 Å². The molecule has 0 spiro atoms. The van der Waals surface area contributed by atoms with E-state index in [-0.39, 0.29) is 5.56 Å². The van der Waals surface area contributed by atoms with Crippen molar-refractivity contribution in [3.8, 4) is 17.1 Å². The average molecular weight is 327 g/mol. The van der Waals surface area contributed by atoms with Gasteiger partial charge >= 0.3 is 0 Å². The third kappa shape index (κ3) is 2.31. The number of H-pyrrole nitrogens is 2. The van der Waals surface area contributed by atoms with Gasteiger partial charge in [-0.2, -0.15) is 0 Å². The Hall–Kier alpha value is -3.67. The first-order valence-electron chi connectivity index (χ1n) is 7.88. The first-order valence-corrected chi connectivity index (χ1v) is 7.88. The minimum absolute atomic E-state index is 0.113. The summed E-state index contributed by atoms with van der Waals surface area (Å²) in [7, 11) is 0. The van der Waals surface area contributed by atoms with Gasteiger partial charge in [-0.05, 0) is 42.5 Å². The number of nitrogens with one attached hydrogen (secondary N) is 2. The van der Waals surface area contributed by atoms with Gasteiger partial charge in [-0.3, -0.25) is 4.79 Å². The molecular formula is C19H13N5O. The molecule has 0 aliphatic carbocycles. The zero-order valence-electron chi connectivity index (χ0n) is 13.1. The fraction of sp³-hybridized carbons (Fsp3) is 0. The summed E-state index contributed by atoms with van der Waals surface area (Å²) in [5.74, 6) is 0.796. The third-order valence-corrected chi connectivity index (χ3v) is 4.27. The lowest BCUT2D eigenvalue weighted by molar-refractivity contribution is 1.06. The normalized spacial score (nSPS) is 11.4. The van der Waals surface area contributed by atoms with Crippen molar-refractivity contribution in [3.63, 3.8) is 0 Å². The van der Waals surface area contributed by atoms with E-state index in [0.717, 1.165) is 39.0 Å². The van der Waals surface area contributed by atoms with E-state index in [2.05, 4.69) is 19.9 Å². The van der Waals surface area contributed by atoms with E-state index in [1.54, 1.807) is 12.5 Å². The maximum absolute atomic E-state index is 11.5. The van der Waals surface area contributed by atoms with Crippen LogP contribution in [0.4, 0.5) is 0 Å². The van der Waals surface area contributed by atoms with Gasteiger partial charge < -0.3 is 14.5 Å². The van der Waals surface area contributed by atoms with Crippen LogP contribution in [-0.2, 0) is 0 Å². The van der Waals surface area contributed by atoms with Crippen molar-refractivity contribution in [2.75, 3.05) is 0 Å². The minimum atomic E-state index is -0.113. The van der Waals surface area contributed by atoms with Crippen LogP contribution in [0.15, 0.2) is 72.0 Å². The molecule has 0 radical (unpaired) electrons. The Morgan fingerprint density at radius 3 is 2.60 bits per heavy atom. The van der Waals surface area contributed by atoms with Crippen molar-refractivity contribution < 1.29 is 0 Å². The van der Waals surface area contributed by atoms with Crippen LogP contribution in [0.1, 0.15) is 0 Å². The molecule has 6 nitrogen and oxygen atoms in total. The molecule has 25 heavy (non-hydrogen) atoms. The molecule has 0 amide bonds. The van der Waals surface area contributed by atoms with Gasteiger partial charge in [0.25, 0.3) is 0 Å². The van der Waals surface area contributed by atoms with Crippen molar-refractivity contribution >= 4 is 21.9 Å². The monoisotopic (exact) mass is 327 g/mol. The zero-order valence-corrected chi connectivity index (χ0v) is 13.1. The molecule has 3 aromatic heterocycles. The van der Waals surface area contributed by atoms with E-state index in [1.807, 2.05) is 53.2 Å². The number of imidazole rings is 2. The standard InChI is InChI=1S/C19H13N5O/c25-18-6-3-13-9-16-17(10-15(13)21-18)23-19(22-16)12-1-4-14(5-2-12)24-8-7-20-11-24/h1-11H,(H,21,25)(H,22,23). The lowest BCUT2D eigenvalue weighted by Gasteiger charge is -2.02. The van der Waals surface area contributed by atoms with Gasteiger partial charge in [-0.1, -0.05) is 0 Å². The number of nitrogens with zero attached hydrogens (tertiary/aromatic N) is 3. The summed E-state index contributed by atoms with van der Waals surface area (Å²) in [5, 5.41) is 0.970. The second kappa shape index (κ2) is 5.17. The molecule has 0 fully saturated rings. The molecule has 5 rings (SSSR count).